The van der Waals surface area contributed by atoms with Gasteiger partial charge in [0.1, 0.15) is 0 Å². The summed E-state index contributed by atoms with van der Waals surface area (Å²) < 4.78 is 69.1. The van der Waals surface area contributed by atoms with E-state index >= 15 is 0 Å². The van der Waals surface area contributed by atoms with Crippen LogP contribution in [0, 0.1) is 0 Å². The molecule has 0 saturated heterocycles. The number of rotatable bonds is 3. The molecule has 0 saturated carbocycles. The highest BCUT2D eigenvalue weighted by Crippen LogP contribution is 2.50. The summed E-state index contributed by atoms with van der Waals surface area (Å²) in [5.41, 5.74) is 0. The Morgan fingerprint density at radius 3 is 1.77 bits per heavy atom. The summed E-state index contributed by atoms with van der Waals surface area (Å²) in [6, 6.07) is 0. The van der Waals surface area contributed by atoms with Gasteiger partial charge in [0.15, 0.2) is 0 Å². The van der Waals surface area contributed by atoms with E-state index in [2.05, 4.69) is 4.15 Å². The van der Waals surface area contributed by atoms with Crippen molar-refractivity contribution in [3.05, 3.63) is 0 Å². The molecule has 13 heavy (non-hydrogen) atoms. The number of hydrogen-bond acceptors (Lipinski definition) is 4. The first-order valence-electron chi connectivity index (χ1n) is 2.63. The van der Waals surface area contributed by atoms with E-state index < -0.39 is 27.9 Å². The van der Waals surface area contributed by atoms with E-state index in [4.69, 9.17) is 0 Å². The van der Waals surface area contributed by atoms with Crippen LogP contribution in [-0.2, 0) is 20.0 Å². The second-order valence-electron chi connectivity index (χ2n) is 2.16. The van der Waals surface area contributed by atoms with Crippen LogP contribution in [0.5, 0.6) is 0 Å². The smallest absolute Gasteiger partial charge is 0.212 e. The van der Waals surface area contributed by atoms with Crippen molar-refractivity contribution < 1.29 is 25.2 Å². The van der Waals surface area contributed by atoms with Gasteiger partial charge in [-0.3, -0.25) is 0 Å². The molecule has 0 aromatic heterocycles. The Kier molecular flexibility index (Phi) is 3.59. The lowest BCUT2D eigenvalue weighted by atomic mass is 12.0. The lowest BCUT2D eigenvalue weighted by molar-refractivity contribution is 0.594. The van der Waals surface area contributed by atoms with E-state index in [0.717, 1.165) is 4.49 Å². The number of nitrogens with one attached hydrogen (secondary N) is 1. The van der Waals surface area contributed by atoms with Crippen molar-refractivity contribution in [2.75, 3.05) is 12.5 Å². The molecule has 0 aliphatic carbocycles. The normalized spacial score (nSPS) is 14.2. The van der Waals surface area contributed by atoms with Crippen LogP contribution in [0.2, 0.25) is 0 Å². The topological polar surface area (TPSA) is 92.7 Å². The van der Waals surface area contributed by atoms with E-state index in [0.29, 0.717) is 12.5 Å². The van der Waals surface area contributed by atoms with Crippen molar-refractivity contribution in [2.24, 2.45) is 4.15 Å². The van der Waals surface area contributed by atoms with Gasteiger partial charge < -0.3 is 0 Å². The first kappa shape index (κ1) is 12.9. The highest BCUT2D eigenvalue weighted by Gasteiger charge is 2.24. The highest BCUT2D eigenvalue weighted by atomic mass is 32.2. The van der Waals surface area contributed by atoms with Gasteiger partial charge in [0.2, 0.25) is 10.0 Å². The fourth-order valence-corrected chi connectivity index (χ4v) is 3.92. The molecule has 11 heteroatoms. The molecular weight excluding hydrogens is 249 g/mol. The van der Waals surface area contributed by atoms with Crippen LogP contribution in [0.1, 0.15) is 0 Å². The number of nitrogens with zero attached hydrogens (tertiary/aromatic N) is 1. The van der Waals surface area contributed by atoms with Crippen molar-refractivity contribution in [3.63, 3.8) is 0 Å². The SMILES string of the molecule is CS(=O)(=O)N=P(F)(F)NS(C)(=O)=O. The van der Waals surface area contributed by atoms with Gasteiger partial charge in [-0.1, -0.05) is 0 Å². The Morgan fingerprint density at radius 1 is 1.15 bits per heavy atom. The van der Waals surface area contributed by atoms with Crippen molar-refractivity contribution >= 4 is 27.9 Å². The van der Waals surface area contributed by atoms with Gasteiger partial charge in [0, 0.05) is 0 Å². The Morgan fingerprint density at radius 2 is 1.54 bits per heavy atom. The molecule has 6 nitrogen and oxygen atoms in total. The fourth-order valence-electron chi connectivity index (χ4n) is 0.402. The van der Waals surface area contributed by atoms with E-state index in [-0.39, 0.29) is 0 Å². The van der Waals surface area contributed by atoms with Gasteiger partial charge >= 0.3 is 7.83 Å². The molecule has 0 spiro atoms. The van der Waals surface area contributed by atoms with Gasteiger partial charge in [-0.25, -0.2) is 16.8 Å². The molecule has 0 rings (SSSR count). The summed E-state index contributed by atoms with van der Waals surface area (Å²) in [4.78, 5) is 0. The second-order valence-corrected chi connectivity index (χ2v) is 7.52. The minimum atomic E-state index is -5.49. The molecule has 0 heterocycles. The zero-order valence-corrected chi connectivity index (χ0v) is 9.13. The average molecular weight is 256 g/mol. The minimum Gasteiger partial charge on any atom is -0.212 e. The quantitative estimate of drug-likeness (QED) is 0.739. The standard InChI is InChI=1S/C2H7F2N2O4PS2/c1-12(7,8)5-11(3,4)6-13(2,9)10/h5H,1-2H3. The van der Waals surface area contributed by atoms with Gasteiger partial charge in [0.05, 0.1) is 12.5 Å². The van der Waals surface area contributed by atoms with Gasteiger partial charge in [-0.05, 0) is 0 Å². The molecule has 0 aliphatic heterocycles. The maximum absolute atomic E-state index is 12.5. The molecule has 0 aliphatic rings. The summed E-state index contributed by atoms with van der Waals surface area (Å²) in [6.07, 6.45) is 0.934. The molecule has 0 bridgehead atoms. The van der Waals surface area contributed by atoms with Crippen molar-refractivity contribution in [1.82, 2.24) is 4.49 Å². The predicted molar refractivity (Wildman–Crippen MR) is 44.4 cm³/mol. The number of halogens is 2. The molecule has 0 aromatic carbocycles. The van der Waals surface area contributed by atoms with Crippen LogP contribution in [0.4, 0.5) is 8.39 Å². The lowest BCUT2D eigenvalue weighted by Gasteiger charge is -2.03. The monoisotopic (exact) mass is 256 g/mol. The van der Waals surface area contributed by atoms with E-state index in [1.807, 2.05) is 0 Å². The highest BCUT2D eigenvalue weighted by molar-refractivity contribution is 7.97. The van der Waals surface area contributed by atoms with Gasteiger partial charge in [-0.2, -0.15) is 8.39 Å². The third-order valence-electron chi connectivity index (χ3n) is 0.527. The lowest BCUT2D eigenvalue weighted by Crippen LogP contribution is -2.15. The van der Waals surface area contributed by atoms with Crippen LogP contribution in [0.25, 0.3) is 0 Å². The van der Waals surface area contributed by atoms with Gasteiger partial charge in [-0.15, -0.1) is 8.64 Å². The molecule has 0 radical (unpaired) electrons. The molecule has 80 valence electrons. The first-order valence-corrected chi connectivity index (χ1v) is 7.89. The van der Waals surface area contributed by atoms with E-state index in [9.17, 15) is 25.2 Å². The molecule has 0 atom stereocenters. The maximum Gasteiger partial charge on any atom is 0.392 e. The van der Waals surface area contributed by atoms with E-state index in [1.165, 1.54) is 0 Å². The largest absolute Gasteiger partial charge is 0.392 e. The third-order valence-corrected chi connectivity index (χ3v) is 4.74. The minimum absolute atomic E-state index is 0.449. The summed E-state index contributed by atoms with van der Waals surface area (Å²) in [5.74, 6) is 0. The second kappa shape index (κ2) is 3.60. The Labute approximate surface area is 74.8 Å². The van der Waals surface area contributed by atoms with Crippen molar-refractivity contribution in [1.29, 1.82) is 0 Å². The first-order chi connectivity index (χ1) is 5.41. The Bertz CT molecular complexity index is 433. The van der Waals surface area contributed by atoms with Crippen LogP contribution in [0.15, 0.2) is 4.15 Å². The van der Waals surface area contributed by atoms with Crippen LogP contribution in [-0.4, -0.2) is 29.3 Å². The summed E-state index contributed by atoms with van der Waals surface area (Å²) >= 11 is 0. The van der Waals surface area contributed by atoms with Crippen molar-refractivity contribution in [2.45, 2.75) is 0 Å². The number of hydrogen-bond donors (Lipinski definition) is 1. The van der Waals surface area contributed by atoms with Crippen LogP contribution < -0.4 is 4.49 Å². The Hall–Kier alpha value is -0.0500. The third kappa shape index (κ3) is 8.28. The predicted octanol–water partition coefficient (Wildman–Crippen LogP) is 0.380. The van der Waals surface area contributed by atoms with Crippen LogP contribution >= 0.6 is 7.83 Å². The average Bonchev–Trinajstić information content (AvgIpc) is 1.43. The van der Waals surface area contributed by atoms with Crippen LogP contribution in [0.3, 0.4) is 0 Å². The van der Waals surface area contributed by atoms with Crippen molar-refractivity contribution in [3.8, 4) is 0 Å². The summed E-state index contributed by atoms with van der Waals surface area (Å²) in [6.45, 7) is 0. The van der Waals surface area contributed by atoms with Gasteiger partial charge in [0.25, 0.3) is 10.0 Å². The van der Waals surface area contributed by atoms with E-state index in [1.54, 1.807) is 0 Å². The summed E-state index contributed by atoms with van der Waals surface area (Å²) in [7, 11) is -13.9. The summed E-state index contributed by atoms with van der Waals surface area (Å²) in [5, 5.41) is 0. The number of sulfonamides is 2. The zero-order chi connectivity index (χ0) is 10.9. The maximum atomic E-state index is 12.5. The molecule has 0 aromatic rings. The molecule has 1 N–H and O–H groups in total. The molecular formula is C2H7F2N2O4PS2. The molecule has 0 unspecified atom stereocenters. The fraction of sp³-hybridized carbons (Fsp3) is 1.00. The molecule has 0 amide bonds. The molecule has 0 fully saturated rings. The Balaban J connectivity index is 5.13. The zero-order valence-electron chi connectivity index (χ0n) is 6.60.